The van der Waals surface area contributed by atoms with Gasteiger partial charge in [0.15, 0.2) is 0 Å². The lowest BCUT2D eigenvalue weighted by Crippen LogP contribution is -2.04. The van der Waals surface area contributed by atoms with E-state index >= 15 is 0 Å². The van der Waals surface area contributed by atoms with Gasteiger partial charge in [-0.25, -0.2) is 4.39 Å². The Morgan fingerprint density at radius 2 is 2.11 bits per heavy atom. The quantitative estimate of drug-likeness (QED) is 0.916. The zero-order valence-electron chi connectivity index (χ0n) is 10.3. The first-order valence-electron chi connectivity index (χ1n) is 5.91. The molecule has 0 aliphatic carbocycles. The van der Waals surface area contributed by atoms with E-state index < -0.39 is 5.82 Å². The summed E-state index contributed by atoms with van der Waals surface area (Å²) in [6.07, 6.45) is 2.39. The summed E-state index contributed by atoms with van der Waals surface area (Å²) in [6, 6.07) is 8.22. The van der Waals surface area contributed by atoms with Crippen LogP contribution in [0.15, 0.2) is 36.5 Å². The summed E-state index contributed by atoms with van der Waals surface area (Å²) in [5.41, 5.74) is 7.18. The lowest BCUT2D eigenvalue weighted by atomic mass is 10.2. The molecule has 0 radical (unpaired) electrons. The Labute approximate surface area is 116 Å². The number of aromatic nitrogens is 1. The topological polar surface area (TPSA) is 48.1 Å². The summed E-state index contributed by atoms with van der Waals surface area (Å²) in [6.45, 7) is 0.888. The number of benzene rings is 1. The monoisotopic (exact) mass is 280 g/mol. The van der Waals surface area contributed by atoms with Crippen LogP contribution < -0.4 is 10.5 Å². The van der Waals surface area contributed by atoms with Crippen molar-refractivity contribution >= 4 is 11.6 Å². The van der Waals surface area contributed by atoms with E-state index in [4.69, 9.17) is 22.1 Å². The summed E-state index contributed by atoms with van der Waals surface area (Å²) in [7, 11) is 0. The number of rotatable bonds is 5. The second-order valence-corrected chi connectivity index (χ2v) is 4.47. The molecule has 0 saturated carbocycles. The molecule has 0 unspecified atom stereocenters. The van der Waals surface area contributed by atoms with Crippen molar-refractivity contribution in [3.05, 3.63) is 58.6 Å². The van der Waals surface area contributed by atoms with Gasteiger partial charge in [-0.2, -0.15) is 0 Å². The van der Waals surface area contributed by atoms with Crippen LogP contribution in [0.3, 0.4) is 0 Å². The number of hydrogen-bond acceptors (Lipinski definition) is 3. The van der Waals surface area contributed by atoms with E-state index in [-0.39, 0.29) is 5.02 Å². The molecule has 2 rings (SSSR count). The number of hydrogen-bond donors (Lipinski definition) is 1. The average Bonchev–Trinajstić information content (AvgIpc) is 2.42. The molecule has 0 amide bonds. The molecule has 1 aromatic carbocycles. The highest BCUT2D eigenvalue weighted by Crippen LogP contribution is 2.18. The van der Waals surface area contributed by atoms with Crippen LogP contribution in [0.4, 0.5) is 4.39 Å². The number of nitrogens with two attached hydrogens (primary N) is 1. The second-order valence-electron chi connectivity index (χ2n) is 4.06. The van der Waals surface area contributed by atoms with Crippen molar-refractivity contribution in [2.75, 3.05) is 6.54 Å². The van der Waals surface area contributed by atoms with E-state index in [1.807, 2.05) is 12.1 Å². The second kappa shape index (κ2) is 6.50. The molecule has 0 fully saturated rings. The van der Waals surface area contributed by atoms with E-state index in [2.05, 4.69) is 4.98 Å². The fourth-order valence-corrected chi connectivity index (χ4v) is 1.79. The van der Waals surface area contributed by atoms with Crippen molar-refractivity contribution in [2.45, 2.75) is 13.0 Å². The van der Waals surface area contributed by atoms with Gasteiger partial charge in [0.05, 0.1) is 11.2 Å². The van der Waals surface area contributed by atoms with Crippen molar-refractivity contribution in [3.63, 3.8) is 0 Å². The highest BCUT2D eigenvalue weighted by molar-refractivity contribution is 6.30. The van der Waals surface area contributed by atoms with Gasteiger partial charge in [0.1, 0.15) is 18.2 Å². The zero-order chi connectivity index (χ0) is 13.7. The number of pyridine rings is 1. The SMILES string of the molecule is NCCc1ccc(OCc2ccc(F)c(Cl)c2)cn1. The molecule has 2 aromatic rings. The van der Waals surface area contributed by atoms with Crippen LogP contribution in [0, 0.1) is 5.82 Å². The minimum Gasteiger partial charge on any atom is -0.487 e. The maximum atomic E-state index is 13.0. The van der Waals surface area contributed by atoms with E-state index in [0.717, 1.165) is 17.7 Å². The lowest BCUT2D eigenvalue weighted by Gasteiger charge is -2.07. The fourth-order valence-electron chi connectivity index (χ4n) is 1.59. The van der Waals surface area contributed by atoms with Crippen LogP contribution in [0.25, 0.3) is 0 Å². The summed E-state index contributed by atoms with van der Waals surface area (Å²) >= 11 is 5.70. The van der Waals surface area contributed by atoms with Gasteiger partial charge in [0.2, 0.25) is 0 Å². The van der Waals surface area contributed by atoms with Crippen LogP contribution in [0.5, 0.6) is 5.75 Å². The van der Waals surface area contributed by atoms with Crippen LogP contribution in [0.1, 0.15) is 11.3 Å². The Bertz CT molecular complexity index is 546. The molecule has 19 heavy (non-hydrogen) atoms. The first-order chi connectivity index (χ1) is 9.19. The molecule has 0 saturated heterocycles. The van der Waals surface area contributed by atoms with Crippen LogP contribution >= 0.6 is 11.6 Å². The van der Waals surface area contributed by atoms with E-state index in [0.29, 0.717) is 18.9 Å². The Morgan fingerprint density at radius 1 is 1.26 bits per heavy atom. The molecule has 1 heterocycles. The first-order valence-corrected chi connectivity index (χ1v) is 6.28. The van der Waals surface area contributed by atoms with Crippen molar-refractivity contribution in [3.8, 4) is 5.75 Å². The van der Waals surface area contributed by atoms with Crippen LogP contribution in [-0.4, -0.2) is 11.5 Å². The molecule has 0 aliphatic rings. The van der Waals surface area contributed by atoms with Crippen molar-refractivity contribution in [1.82, 2.24) is 4.98 Å². The largest absolute Gasteiger partial charge is 0.487 e. The first kappa shape index (κ1) is 13.8. The maximum absolute atomic E-state index is 13.0. The summed E-state index contributed by atoms with van der Waals surface area (Å²) < 4.78 is 18.5. The van der Waals surface area contributed by atoms with Gasteiger partial charge in [-0.3, -0.25) is 4.98 Å². The summed E-state index contributed by atoms with van der Waals surface area (Å²) in [5.74, 6) is 0.222. The molecule has 3 nitrogen and oxygen atoms in total. The van der Waals surface area contributed by atoms with E-state index in [9.17, 15) is 4.39 Å². The molecule has 100 valence electrons. The Morgan fingerprint density at radius 3 is 2.74 bits per heavy atom. The van der Waals surface area contributed by atoms with Gasteiger partial charge in [-0.1, -0.05) is 17.7 Å². The fraction of sp³-hybridized carbons (Fsp3) is 0.214. The minimum absolute atomic E-state index is 0.0949. The molecule has 0 aliphatic heterocycles. The van der Waals surface area contributed by atoms with Gasteiger partial charge in [-0.05, 0) is 36.4 Å². The predicted octanol–water partition coefficient (Wildman–Crippen LogP) is 2.95. The van der Waals surface area contributed by atoms with Gasteiger partial charge in [-0.15, -0.1) is 0 Å². The molecule has 0 atom stereocenters. The van der Waals surface area contributed by atoms with Crippen molar-refractivity contribution in [1.29, 1.82) is 0 Å². The summed E-state index contributed by atoms with van der Waals surface area (Å²) in [4.78, 5) is 4.22. The molecular formula is C14H14ClFN2O. The molecule has 1 aromatic heterocycles. The molecular weight excluding hydrogens is 267 g/mol. The Kier molecular flexibility index (Phi) is 4.71. The smallest absolute Gasteiger partial charge is 0.141 e. The van der Waals surface area contributed by atoms with Crippen LogP contribution in [-0.2, 0) is 13.0 Å². The number of nitrogens with zero attached hydrogens (tertiary/aromatic N) is 1. The highest BCUT2D eigenvalue weighted by atomic mass is 35.5. The third kappa shape index (κ3) is 3.91. The zero-order valence-corrected chi connectivity index (χ0v) is 11.0. The minimum atomic E-state index is -0.432. The molecule has 2 N–H and O–H groups in total. The van der Waals surface area contributed by atoms with E-state index in [1.165, 1.54) is 6.07 Å². The Hall–Kier alpha value is -1.65. The third-order valence-electron chi connectivity index (χ3n) is 2.59. The van der Waals surface area contributed by atoms with Gasteiger partial charge in [0, 0.05) is 12.1 Å². The van der Waals surface area contributed by atoms with Gasteiger partial charge in [0.25, 0.3) is 0 Å². The van der Waals surface area contributed by atoms with E-state index in [1.54, 1.807) is 18.3 Å². The molecule has 5 heteroatoms. The Balaban J connectivity index is 1.96. The predicted molar refractivity (Wildman–Crippen MR) is 72.7 cm³/mol. The molecule has 0 spiro atoms. The standard InChI is InChI=1S/C14H14ClFN2O/c15-13-7-10(1-4-14(13)16)9-19-12-3-2-11(5-6-17)18-8-12/h1-4,7-8H,5-6,9,17H2. The van der Waals surface area contributed by atoms with Gasteiger partial charge < -0.3 is 10.5 Å². The third-order valence-corrected chi connectivity index (χ3v) is 2.88. The maximum Gasteiger partial charge on any atom is 0.141 e. The van der Waals surface area contributed by atoms with Gasteiger partial charge >= 0.3 is 0 Å². The van der Waals surface area contributed by atoms with Crippen LogP contribution in [0.2, 0.25) is 5.02 Å². The highest BCUT2D eigenvalue weighted by Gasteiger charge is 2.02. The lowest BCUT2D eigenvalue weighted by molar-refractivity contribution is 0.304. The number of halogens is 2. The number of ether oxygens (including phenoxy) is 1. The van der Waals surface area contributed by atoms with Crippen molar-refractivity contribution < 1.29 is 9.13 Å². The van der Waals surface area contributed by atoms with Crippen molar-refractivity contribution in [2.24, 2.45) is 5.73 Å². The summed E-state index contributed by atoms with van der Waals surface area (Å²) in [5, 5.41) is 0.0949. The average molecular weight is 281 g/mol. The normalized spacial score (nSPS) is 10.5. The molecule has 0 bridgehead atoms.